The third-order valence-corrected chi connectivity index (χ3v) is 3.11. The van der Waals surface area contributed by atoms with Crippen LogP contribution in [0.2, 0.25) is 0 Å². The molecule has 0 aliphatic heterocycles. The van der Waals surface area contributed by atoms with Gasteiger partial charge in [-0.3, -0.25) is 10.1 Å². The number of carbonyl (C=O) groups excluding carboxylic acids is 2. The molecule has 0 saturated heterocycles. The fourth-order valence-corrected chi connectivity index (χ4v) is 2.01. The molecule has 16 heavy (non-hydrogen) atoms. The number of thiophene rings is 1. The summed E-state index contributed by atoms with van der Waals surface area (Å²) in [5.41, 5.74) is 7.20. The van der Waals surface area contributed by atoms with Gasteiger partial charge in [0.2, 0.25) is 5.91 Å². The van der Waals surface area contributed by atoms with Crippen molar-refractivity contribution in [1.82, 2.24) is 10.6 Å². The van der Waals surface area contributed by atoms with Gasteiger partial charge in [0.25, 0.3) is 0 Å². The number of aryl methyl sites for hydroxylation is 1. The van der Waals surface area contributed by atoms with Gasteiger partial charge in [-0.1, -0.05) is 0 Å². The van der Waals surface area contributed by atoms with E-state index in [0.29, 0.717) is 6.54 Å². The minimum absolute atomic E-state index is 0.416. The molecule has 1 aromatic heterocycles. The van der Waals surface area contributed by atoms with Gasteiger partial charge in [-0.2, -0.15) is 11.3 Å². The molecule has 6 heteroatoms. The lowest BCUT2D eigenvalue weighted by atomic mass is 10.2. The smallest absolute Gasteiger partial charge is 0.318 e. The predicted octanol–water partition coefficient (Wildman–Crippen LogP) is 0.730. The van der Waals surface area contributed by atoms with E-state index in [1.54, 1.807) is 18.3 Å². The second-order valence-electron chi connectivity index (χ2n) is 3.54. The second kappa shape index (κ2) is 5.62. The van der Waals surface area contributed by atoms with Crippen molar-refractivity contribution >= 4 is 23.3 Å². The van der Waals surface area contributed by atoms with Crippen LogP contribution in [-0.2, 0) is 11.3 Å². The van der Waals surface area contributed by atoms with E-state index >= 15 is 0 Å². The van der Waals surface area contributed by atoms with Crippen LogP contribution >= 0.6 is 11.3 Å². The lowest BCUT2D eigenvalue weighted by Crippen LogP contribution is -2.46. The molecule has 0 spiro atoms. The largest absolute Gasteiger partial charge is 0.351 e. The first kappa shape index (κ1) is 12.7. The molecule has 4 N–H and O–H groups in total. The highest BCUT2D eigenvalue weighted by Crippen LogP contribution is 2.13. The van der Waals surface area contributed by atoms with Crippen LogP contribution < -0.4 is 16.4 Å². The SMILES string of the molecule is Cc1cscc1CNC(C)C(=O)NC(N)=O. The molecule has 0 radical (unpaired) electrons. The molecule has 1 heterocycles. The first-order valence-corrected chi connectivity index (χ1v) is 5.80. The Kier molecular flexibility index (Phi) is 4.45. The number of hydrogen-bond acceptors (Lipinski definition) is 4. The third kappa shape index (κ3) is 3.63. The minimum Gasteiger partial charge on any atom is -0.351 e. The number of carbonyl (C=O) groups is 2. The number of amides is 3. The van der Waals surface area contributed by atoms with Gasteiger partial charge in [0.1, 0.15) is 0 Å². The van der Waals surface area contributed by atoms with Gasteiger partial charge in [-0.25, -0.2) is 4.79 Å². The van der Waals surface area contributed by atoms with E-state index in [2.05, 4.69) is 5.32 Å². The monoisotopic (exact) mass is 241 g/mol. The van der Waals surface area contributed by atoms with Crippen LogP contribution in [0.15, 0.2) is 10.8 Å². The van der Waals surface area contributed by atoms with E-state index in [-0.39, 0.29) is 0 Å². The fourth-order valence-electron chi connectivity index (χ4n) is 1.15. The van der Waals surface area contributed by atoms with E-state index in [4.69, 9.17) is 5.73 Å². The number of urea groups is 1. The average Bonchev–Trinajstić information content (AvgIpc) is 2.59. The summed E-state index contributed by atoms with van der Waals surface area (Å²) in [7, 11) is 0. The highest BCUT2D eigenvalue weighted by atomic mass is 32.1. The standard InChI is InChI=1S/C10H15N3O2S/c1-6-4-16-5-8(6)3-12-7(2)9(14)13-10(11)15/h4-5,7,12H,3H2,1-2H3,(H3,11,13,14,15). The van der Waals surface area contributed by atoms with Crippen molar-refractivity contribution in [1.29, 1.82) is 0 Å². The highest BCUT2D eigenvalue weighted by molar-refractivity contribution is 7.08. The fraction of sp³-hybridized carbons (Fsp3) is 0.400. The lowest BCUT2D eigenvalue weighted by molar-refractivity contribution is -0.121. The van der Waals surface area contributed by atoms with Gasteiger partial charge < -0.3 is 11.1 Å². The summed E-state index contributed by atoms with van der Waals surface area (Å²) in [6, 6.07) is -1.28. The number of hydrogen-bond donors (Lipinski definition) is 3. The van der Waals surface area contributed by atoms with Crippen molar-refractivity contribution in [2.24, 2.45) is 5.73 Å². The van der Waals surface area contributed by atoms with Crippen LogP contribution in [0.25, 0.3) is 0 Å². The Morgan fingerprint density at radius 1 is 1.50 bits per heavy atom. The molecular weight excluding hydrogens is 226 g/mol. The summed E-state index contributed by atoms with van der Waals surface area (Å²) in [6.07, 6.45) is 0. The van der Waals surface area contributed by atoms with Crippen molar-refractivity contribution in [3.05, 3.63) is 21.9 Å². The number of nitrogens with two attached hydrogens (primary N) is 1. The van der Waals surface area contributed by atoms with Crippen LogP contribution in [0.5, 0.6) is 0 Å². The quantitative estimate of drug-likeness (QED) is 0.726. The predicted molar refractivity (Wildman–Crippen MR) is 63.1 cm³/mol. The summed E-state index contributed by atoms with van der Waals surface area (Å²) >= 11 is 1.62. The molecule has 5 nitrogen and oxygen atoms in total. The summed E-state index contributed by atoms with van der Waals surface area (Å²) in [5.74, 6) is -0.416. The topological polar surface area (TPSA) is 84.2 Å². The van der Waals surface area contributed by atoms with E-state index in [9.17, 15) is 9.59 Å². The number of primary amides is 1. The first-order valence-electron chi connectivity index (χ1n) is 4.86. The molecule has 88 valence electrons. The Balaban J connectivity index is 2.41. The Bertz CT molecular complexity index is 389. The molecule has 0 aromatic carbocycles. The minimum atomic E-state index is -0.828. The molecule has 1 rings (SSSR count). The van der Waals surface area contributed by atoms with Crippen LogP contribution in [-0.4, -0.2) is 18.0 Å². The van der Waals surface area contributed by atoms with Crippen molar-refractivity contribution < 1.29 is 9.59 Å². The van der Waals surface area contributed by atoms with Crippen LogP contribution in [0.3, 0.4) is 0 Å². The number of rotatable bonds is 4. The van der Waals surface area contributed by atoms with Crippen molar-refractivity contribution in [2.75, 3.05) is 0 Å². The average molecular weight is 241 g/mol. The van der Waals surface area contributed by atoms with Crippen LogP contribution in [0, 0.1) is 6.92 Å². The van der Waals surface area contributed by atoms with Crippen LogP contribution in [0.1, 0.15) is 18.1 Å². The molecule has 1 unspecified atom stereocenters. The van der Waals surface area contributed by atoms with E-state index in [1.165, 1.54) is 5.56 Å². The third-order valence-electron chi connectivity index (χ3n) is 2.20. The lowest BCUT2D eigenvalue weighted by Gasteiger charge is -2.12. The number of imide groups is 1. The Labute approximate surface area is 98.0 Å². The summed E-state index contributed by atoms with van der Waals surface area (Å²) in [4.78, 5) is 21.8. The van der Waals surface area contributed by atoms with Crippen molar-refractivity contribution in [3.8, 4) is 0 Å². The van der Waals surface area contributed by atoms with Gasteiger partial charge in [0.05, 0.1) is 6.04 Å². The summed E-state index contributed by atoms with van der Waals surface area (Å²) in [5, 5.41) is 9.12. The maximum atomic E-state index is 11.3. The highest BCUT2D eigenvalue weighted by Gasteiger charge is 2.13. The molecule has 1 aromatic rings. The summed E-state index contributed by atoms with van der Waals surface area (Å²) in [6.45, 7) is 4.30. The van der Waals surface area contributed by atoms with Gasteiger partial charge in [-0.05, 0) is 35.7 Å². The van der Waals surface area contributed by atoms with Crippen molar-refractivity contribution in [3.63, 3.8) is 0 Å². The van der Waals surface area contributed by atoms with Gasteiger partial charge >= 0.3 is 6.03 Å². The molecule has 0 bridgehead atoms. The second-order valence-corrected chi connectivity index (χ2v) is 4.28. The summed E-state index contributed by atoms with van der Waals surface area (Å²) < 4.78 is 0. The molecule has 0 aliphatic carbocycles. The van der Waals surface area contributed by atoms with E-state index in [0.717, 1.165) is 5.56 Å². The molecule has 0 fully saturated rings. The zero-order chi connectivity index (χ0) is 12.1. The Hall–Kier alpha value is -1.40. The van der Waals surface area contributed by atoms with Gasteiger partial charge in [0, 0.05) is 6.54 Å². The normalized spacial score (nSPS) is 12.1. The van der Waals surface area contributed by atoms with Gasteiger partial charge in [-0.15, -0.1) is 0 Å². The molecule has 0 aliphatic rings. The molecule has 1 atom stereocenters. The number of nitrogens with one attached hydrogen (secondary N) is 2. The molecule has 3 amide bonds. The first-order chi connectivity index (χ1) is 7.50. The maximum absolute atomic E-state index is 11.3. The maximum Gasteiger partial charge on any atom is 0.318 e. The van der Waals surface area contributed by atoms with E-state index < -0.39 is 18.0 Å². The zero-order valence-corrected chi connectivity index (χ0v) is 10.1. The zero-order valence-electron chi connectivity index (χ0n) is 9.24. The Morgan fingerprint density at radius 3 is 2.69 bits per heavy atom. The van der Waals surface area contributed by atoms with Crippen LogP contribution in [0.4, 0.5) is 4.79 Å². The van der Waals surface area contributed by atoms with Gasteiger partial charge in [0.15, 0.2) is 0 Å². The van der Waals surface area contributed by atoms with E-state index in [1.807, 2.05) is 23.0 Å². The molecule has 0 saturated carbocycles. The molecular formula is C10H15N3O2S. The van der Waals surface area contributed by atoms with Crippen molar-refractivity contribution in [2.45, 2.75) is 26.4 Å². The Morgan fingerprint density at radius 2 is 2.19 bits per heavy atom.